The third-order valence-electron chi connectivity index (χ3n) is 4.76. The molecule has 0 saturated carbocycles. The second-order valence-electron chi connectivity index (χ2n) is 6.69. The number of carbonyl (C=O) groups is 1. The van der Waals surface area contributed by atoms with Crippen LogP contribution in [0.3, 0.4) is 0 Å². The summed E-state index contributed by atoms with van der Waals surface area (Å²) in [5, 5.41) is 1.21. The molecule has 0 radical (unpaired) electrons. The third-order valence-corrected chi connectivity index (χ3v) is 4.76. The first-order chi connectivity index (χ1) is 13.4. The molecule has 0 spiro atoms. The topological polar surface area (TPSA) is 89.4 Å². The zero-order chi connectivity index (χ0) is 19.8. The summed E-state index contributed by atoms with van der Waals surface area (Å²) in [6, 6.07) is 13.1. The van der Waals surface area contributed by atoms with Crippen LogP contribution in [-0.2, 0) is 11.3 Å². The van der Waals surface area contributed by atoms with Crippen molar-refractivity contribution >= 4 is 27.8 Å². The number of esters is 1. The highest BCUT2D eigenvalue weighted by Gasteiger charge is 2.14. The van der Waals surface area contributed by atoms with Crippen molar-refractivity contribution in [1.29, 1.82) is 0 Å². The molecular weight excluding hydrogens is 358 g/mol. The SMILES string of the molecule is Cc1cc2oc(=O)cc(COC(=O)c3cc(=O)c4ccccc4[nH]3)c2cc1C. The fourth-order valence-corrected chi connectivity index (χ4v) is 3.13. The van der Waals surface area contributed by atoms with Crippen LogP contribution in [0.15, 0.2) is 62.5 Å². The number of carbonyl (C=O) groups excluding carboxylic acids is 1. The van der Waals surface area contributed by atoms with Crippen LogP contribution in [0.1, 0.15) is 27.2 Å². The normalized spacial score (nSPS) is 11.1. The molecule has 0 aliphatic rings. The second-order valence-corrected chi connectivity index (χ2v) is 6.69. The van der Waals surface area contributed by atoms with Crippen LogP contribution in [0.25, 0.3) is 21.9 Å². The third kappa shape index (κ3) is 3.20. The molecule has 2 aromatic carbocycles. The van der Waals surface area contributed by atoms with E-state index in [0.717, 1.165) is 11.1 Å². The summed E-state index contributed by atoms with van der Waals surface area (Å²) < 4.78 is 10.6. The van der Waals surface area contributed by atoms with Gasteiger partial charge in [0.05, 0.1) is 0 Å². The summed E-state index contributed by atoms with van der Waals surface area (Å²) in [6.45, 7) is 3.77. The molecule has 2 heterocycles. The van der Waals surface area contributed by atoms with Gasteiger partial charge in [0, 0.05) is 34.0 Å². The van der Waals surface area contributed by atoms with E-state index >= 15 is 0 Å². The lowest BCUT2D eigenvalue weighted by molar-refractivity contribution is 0.0467. The van der Waals surface area contributed by atoms with Crippen molar-refractivity contribution in [2.45, 2.75) is 20.5 Å². The number of aryl methyl sites for hydroxylation is 2. The molecule has 1 N–H and O–H groups in total. The molecule has 0 amide bonds. The van der Waals surface area contributed by atoms with Crippen molar-refractivity contribution in [2.75, 3.05) is 0 Å². The van der Waals surface area contributed by atoms with Crippen LogP contribution in [0.4, 0.5) is 0 Å². The second kappa shape index (κ2) is 6.81. The summed E-state index contributed by atoms with van der Waals surface area (Å²) >= 11 is 0. The molecule has 4 aromatic rings. The maximum absolute atomic E-state index is 12.5. The van der Waals surface area contributed by atoms with Crippen LogP contribution in [0, 0.1) is 13.8 Å². The van der Waals surface area contributed by atoms with Crippen molar-refractivity contribution < 1.29 is 13.9 Å². The number of benzene rings is 2. The van der Waals surface area contributed by atoms with E-state index in [0.29, 0.717) is 27.4 Å². The van der Waals surface area contributed by atoms with Gasteiger partial charge in [0.25, 0.3) is 0 Å². The van der Waals surface area contributed by atoms with Crippen molar-refractivity contribution in [3.63, 3.8) is 0 Å². The zero-order valence-corrected chi connectivity index (χ0v) is 15.4. The van der Waals surface area contributed by atoms with Crippen LogP contribution in [0.5, 0.6) is 0 Å². The molecule has 28 heavy (non-hydrogen) atoms. The average Bonchev–Trinajstić information content (AvgIpc) is 2.67. The maximum Gasteiger partial charge on any atom is 0.355 e. The number of hydrogen-bond donors (Lipinski definition) is 1. The standard InChI is InChI=1S/C22H17NO5/c1-12-7-16-14(9-21(25)28-20(16)8-13(12)2)11-27-22(26)18-10-19(24)15-5-3-4-6-17(15)23-18/h3-10H,11H2,1-2H3,(H,23,24). The van der Waals surface area contributed by atoms with Gasteiger partial charge in [0.1, 0.15) is 17.9 Å². The number of hydrogen-bond acceptors (Lipinski definition) is 5. The van der Waals surface area contributed by atoms with Crippen LogP contribution >= 0.6 is 0 Å². The number of rotatable bonds is 3. The van der Waals surface area contributed by atoms with E-state index in [1.807, 2.05) is 19.9 Å². The van der Waals surface area contributed by atoms with E-state index in [1.165, 1.54) is 12.1 Å². The van der Waals surface area contributed by atoms with E-state index < -0.39 is 11.6 Å². The first-order valence-electron chi connectivity index (χ1n) is 8.75. The Morgan fingerprint density at radius 1 is 1.00 bits per heavy atom. The largest absolute Gasteiger partial charge is 0.456 e. The highest BCUT2D eigenvalue weighted by Crippen LogP contribution is 2.22. The van der Waals surface area contributed by atoms with Gasteiger partial charge in [-0.15, -0.1) is 0 Å². The number of H-pyrrole nitrogens is 1. The van der Waals surface area contributed by atoms with Gasteiger partial charge in [-0.05, 0) is 49.2 Å². The monoisotopic (exact) mass is 375 g/mol. The Kier molecular flexibility index (Phi) is 4.31. The van der Waals surface area contributed by atoms with Crippen molar-refractivity contribution in [2.24, 2.45) is 0 Å². The number of pyridine rings is 1. The Bertz CT molecular complexity index is 1350. The molecule has 0 bridgehead atoms. The van der Waals surface area contributed by atoms with Crippen molar-refractivity contribution in [3.8, 4) is 0 Å². The summed E-state index contributed by atoms with van der Waals surface area (Å²) in [4.78, 5) is 39.4. The first-order valence-corrected chi connectivity index (χ1v) is 8.75. The van der Waals surface area contributed by atoms with Gasteiger partial charge in [0.2, 0.25) is 0 Å². The Hall–Kier alpha value is -3.67. The fraction of sp³-hybridized carbons (Fsp3) is 0.136. The molecule has 0 saturated heterocycles. The fourth-order valence-electron chi connectivity index (χ4n) is 3.13. The number of para-hydroxylation sites is 1. The van der Waals surface area contributed by atoms with Gasteiger partial charge in [-0.1, -0.05) is 12.1 Å². The lowest BCUT2D eigenvalue weighted by atomic mass is 10.0. The minimum atomic E-state index is -0.673. The predicted molar refractivity (Wildman–Crippen MR) is 106 cm³/mol. The number of aromatic nitrogens is 1. The predicted octanol–water partition coefficient (Wildman–Crippen LogP) is 3.61. The van der Waals surface area contributed by atoms with Gasteiger partial charge in [0.15, 0.2) is 5.43 Å². The molecule has 0 aliphatic carbocycles. The minimum Gasteiger partial charge on any atom is -0.456 e. The molecule has 0 atom stereocenters. The Morgan fingerprint density at radius 3 is 2.57 bits per heavy atom. The van der Waals surface area contributed by atoms with Gasteiger partial charge in [-0.3, -0.25) is 4.79 Å². The van der Waals surface area contributed by atoms with E-state index in [4.69, 9.17) is 9.15 Å². The highest BCUT2D eigenvalue weighted by molar-refractivity contribution is 5.91. The van der Waals surface area contributed by atoms with E-state index in [-0.39, 0.29) is 17.7 Å². The van der Waals surface area contributed by atoms with Crippen molar-refractivity contribution in [1.82, 2.24) is 4.98 Å². The van der Waals surface area contributed by atoms with Gasteiger partial charge >= 0.3 is 11.6 Å². The van der Waals surface area contributed by atoms with Crippen LogP contribution in [-0.4, -0.2) is 11.0 Å². The van der Waals surface area contributed by atoms with Gasteiger partial charge in [-0.2, -0.15) is 0 Å². The Morgan fingerprint density at radius 2 is 1.75 bits per heavy atom. The summed E-state index contributed by atoms with van der Waals surface area (Å²) in [5.74, 6) is -0.673. The maximum atomic E-state index is 12.5. The molecule has 6 nitrogen and oxygen atoms in total. The molecule has 0 fully saturated rings. The zero-order valence-electron chi connectivity index (χ0n) is 15.4. The highest BCUT2D eigenvalue weighted by atomic mass is 16.5. The minimum absolute atomic E-state index is 0.0583. The summed E-state index contributed by atoms with van der Waals surface area (Å²) in [6.07, 6.45) is 0. The number of fused-ring (bicyclic) bond motifs is 2. The quantitative estimate of drug-likeness (QED) is 0.436. The number of aromatic amines is 1. The molecular formula is C22H17NO5. The molecule has 140 valence electrons. The summed E-state index contributed by atoms with van der Waals surface area (Å²) in [7, 11) is 0. The van der Waals surface area contributed by atoms with Gasteiger partial charge < -0.3 is 14.1 Å². The van der Waals surface area contributed by atoms with E-state index in [2.05, 4.69) is 4.98 Å². The van der Waals surface area contributed by atoms with Crippen LogP contribution < -0.4 is 11.1 Å². The first kappa shape index (κ1) is 17.7. The number of ether oxygens (including phenoxy) is 1. The van der Waals surface area contributed by atoms with E-state index in [1.54, 1.807) is 30.3 Å². The number of nitrogens with one attached hydrogen (secondary N) is 1. The Balaban J connectivity index is 1.66. The Labute approximate surface area is 159 Å². The molecule has 6 heteroatoms. The van der Waals surface area contributed by atoms with Crippen molar-refractivity contribution in [3.05, 3.63) is 91.6 Å². The lowest BCUT2D eigenvalue weighted by Crippen LogP contribution is -2.13. The molecule has 4 rings (SSSR count). The van der Waals surface area contributed by atoms with E-state index in [9.17, 15) is 14.4 Å². The summed E-state index contributed by atoms with van der Waals surface area (Å²) in [5.41, 5.74) is 2.86. The van der Waals surface area contributed by atoms with Crippen LogP contribution in [0.2, 0.25) is 0 Å². The van der Waals surface area contributed by atoms with Gasteiger partial charge in [-0.25, -0.2) is 9.59 Å². The smallest absolute Gasteiger partial charge is 0.355 e. The lowest BCUT2D eigenvalue weighted by Gasteiger charge is -2.09. The average molecular weight is 375 g/mol. The molecule has 2 aromatic heterocycles. The molecule has 0 unspecified atom stereocenters. The molecule has 0 aliphatic heterocycles.